The van der Waals surface area contributed by atoms with Gasteiger partial charge in [0.2, 0.25) is 5.91 Å². The fourth-order valence-corrected chi connectivity index (χ4v) is 1.94. The highest BCUT2D eigenvalue weighted by Gasteiger charge is 2.43. The van der Waals surface area contributed by atoms with Gasteiger partial charge in [-0.15, -0.1) is 0 Å². The van der Waals surface area contributed by atoms with Crippen molar-refractivity contribution < 1.29 is 4.79 Å². The number of amides is 1. The third-order valence-electron chi connectivity index (χ3n) is 3.77. The van der Waals surface area contributed by atoms with Gasteiger partial charge in [0, 0.05) is 17.0 Å². The van der Waals surface area contributed by atoms with Gasteiger partial charge >= 0.3 is 0 Å². The van der Waals surface area contributed by atoms with Crippen molar-refractivity contribution in [3.63, 3.8) is 0 Å². The maximum Gasteiger partial charge on any atom is 0.243 e. The van der Waals surface area contributed by atoms with E-state index in [1.54, 1.807) is 0 Å². The van der Waals surface area contributed by atoms with E-state index in [9.17, 15) is 4.79 Å². The van der Waals surface area contributed by atoms with Crippen LogP contribution in [0.25, 0.3) is 0 Å². The summed E-state index contributed by atoms with van der Waals surface area (Å²) < 4.78 is 0. The largest absolute Gasteiger partial charge is 0.273 e. The quantitative estimate of drug-likeness (QED) is 0.655. The van der Waals surface area contributed by atoms with Crippen LogP contribution in [-0.4, -0.2) is 11.6 Å². The van der Waals surface area contributed by atoms with Crippen LogP contribution in [0.2, 0.25) is 0 Å². The van der Waals surface area contributed by atoms with Crippen LogP contribution < -0.4 is 5.43 Å². The molecule has 0 bridgehead atoms. The van der Waals surface area contributed by atoms with Crippen molar-refractivity contribution >= 4 is 11.6 Å². The normalized spacial score (nSPS) is 23.1. The smallest absolute Gasteiger partial charge is 0.243 e. The van der Waals surface area contributed by atoms with Crippen molar-refractivity contribution in [2.24, 2.45) is 16.4 Å². The summed E-state index contributed by atoms with van der Waals surface area (Å²) in [4.78, 5) is 12.0. The summed E-state index contributed by atoms with van der Waals surface area (Å²) in [6.45, 7) is 8.20. The Bertz CT molecular complexity index is 485. The van der Waals surface area contributed by atoms with Gasteiger partial charge < -0.3 is 0 Å². The van der Waals surface area contributed by atoms with E-state index in [1.165, 1.54) is 5.56 Å². The highest BCUT2D eigenvalue weighted by molar-refractivity contribution is 5.89. The van der Waals surface area contributed by atoms with Crippen molar-refractivity contribution in [2.75, 3.05) is 0 Å². The number of hydrogen-bond donors (Lipinski definition) is 1. The summed E-state index contributed by atoms with van der Waals surface area (Å²) in [5, 5.41) is 4.20. The molecular formula is C16H22N2O. The number of benzene rings is 1. The van der Waals surface area contributed by atoms with E-state index < -0.39 is 0 Å². The lowest BCUT2D eigenvalue weighted by Crippen LogP contribution is -2.25. The molecule has 1 N–H and O–H groups in total. The highest BCUT2D eigenvalue weighted by atomic mass is 16.2. The molecule has 1 fully saturated rings. The van der Waals surface area contributed by atoms with E-state index in [0.29, 0.717) is 5.92 Å². The first-order valence-electron chi connectivity index (χ1n) is 6.79. The lowest BCUT2D eigenvalue weighted by atomic mass is 9.91. The van der Waals surface area contributed by atoms with Gasteiger partial charge in [-0.1, -0.05) is 51.1 Å². The van der Waals surface area contributed by atoms with Gasteiger partial charge in [-0.05, 0) is 24.8 Å². The fraction of sp³-hybridized carbons (Fsp3) is 0.500. The summed E-state index contributed by atoms with van der Waals surface area (Å²) in [5.41, 5.74) is 4.89. The molecule has 3 heteroatoms. The minimum Gasteiger partial charge on any atom is -0.273 e. The van der Waals surface area contributed by atoms with Gasteiger partial charge in [-0.3, -0.25) is 4.79 Å². The average molecular weight is 258 g/mol. The molecule has 2 atom stereocenters. The lowest BCUT2D eigenvalue weighted by molar-refractivity contribution is -0.122. The molecule has 19 heavy (non-hydrogen) atoms. The molecule has 0 saturated heterocycles. The second-order valence-corrected chi connectivity index (χ2v) is 6.28. The number of carbonyl (C=O) groups excluding carboxylic acids is 1. The Balaban J connectivity index is 1.91. The fourth-order valence-electron chi connectivity index (χ4n) is 1.94. The lowest BCUT2D eigenvalue weighted by Gasteiger charge is -2.17. The van der Waals surface area contributed by atoms with Gasteiger partial charge in [0.1, 0.15) is 0 Å². The summed E-state index contributed by atoms with van der Waals surface area (Å²) >= 11 is 0. The predicted octanol–water partition coefficient (Wildman–Crippen LogP) is 3.33. The molecular weight excluding hydrogens is 236 g/mol. The molecule has 0 radical (unpaired) electrons. The van der Waals surface area contributed by atoms with E-state index in [1.807, 2.05) is 25.1 Å². The number of nitrogens with one attached hydrogen (secondary N) is 1. The molecule has 1 amide bonds. The Morgan fingerprint density at radius 2 is 1.89 bits per heavy atom. The molecule has 1 saturated carbocycles. The molecule has 0 heterocycles. The highest BCUT2D eigenvalue weighted by Crippen LogP contribution is 2.47. The Hall–Kier alpha value is -1.64. The minimum atomic E-state index is -0.00430. The van der Waals surface area contributed by atoms with Crippen molar-refractivity contribution in [3.05, 3.63) is 35.9 Å². The number of hydrazone groups is 1. The van der Waals surface area contributed by atoms with Crippen LogP contribution in [0.1, 0.15) is 45.6 Å². The number of nitrogens with zero attached hydrogens (tertiary/aromatic N) is 1. The molecule has 1 aromatic carbocycles. The Morgan fingerprint density at radius 1 is 1.26 bits per heavy atom. The maximum atomic E-state index is 12.0. The molecule has 102 valence electrons. The van der Waals surface area contributed by atoms with Crippen molar-refractivity contribution in [1.82, 2.24) is 5.43 Å². The van der Waals surface area contributed by atoms with Gasteiger partial charge in [0.25, 0.3) is 0 Å². The molecule has 0 unspecified atom stereocenters. The first kappa shape index (κ1) is 13.8. The molecule has 3 nitrogen and oxygen atoms in total. The third-order valence-corrected chi connectivity index (χ3v) is 3.77. The van der Waals surface area contributed by atoms with Crippen LogP contribution in [0.4, 0.5) is 0 Å². The molecule has 1 aliphatic rings. The number of carbonyl (C=O) groups is 1. The summed E-state index contributed by atoms with van der Waals surface area (Å²) in [7, 11) is 0. The van der Waals surface area contributed by atoms with Gasteiger partial charge in [-0.25, -0.2) is 5.43 Å². The summed E-state index contributed by atoms with van der Waals surface area (Å²) in [6.07, 6.45) is 0.930. The zero-order chi connectivity index (χ0) is 14.0. The van der Waals surface area contributed by atoms with Crippen LogP contribution >= 0.6 is 0 Å². The molecule has 0 spiro atoms. The van der Waals surface area contributed by atoms with Crippen molar-refractivity contribution in [1.29, 1.82) is 0 Å². The average Bonchev–Trinajstić information content (AvgIpc) is 3.15. The summed E-state index contributed by atoms with van der Waals surface area (Å²) in [5.74, 6) is 0.489. The molecule has 0 aromatic heterocycles. The SMILES string of the molecule is C/C(=N/NC(=O)[C@@H]1C[C@@H]1c1ccccc1)C(C)(C)C. The topological polar surface area (TPSA) is 41.5 Å². The van der Waals surface area contributed by atoms with Gasteiger partial charge in [0.05, 0.1) is 0 Å². The van der Waals surface area contributed by atoms with Crippen LogP contribution in [0, 0.1) is 11.3 Å². The maximum absolute atomic E-state index is 12.0. The first-order valence-corrected chi connectivity index (χ1v) is 6.79. The molecule has 2 rings (SSSR count). The zero-order valence-electron chi connectivity index (χ0n) is 12.1. The Morgan fingerprint density at radius 3 is 2.47 bits per heavy atom. The first-order chi connectivity index (χ1) is 8.89. The van der Waals surface area contributed by atoms with Crippen LogP contribution in [-0.2, 0) is 4.79 Å². The van der Waals surface area contributed by atoms with Crippen molar-refractivity contribution in [2.45, 2.75) is 40.0 Å². The van der Waals surface area contributed by atoms with Crippen LogP contribution in [0.15, 0.2) is 35.4 Å². The number of hydrogen-bond acceptors (Lipinski definition) is 2. The van der Waals surface area contributed by atoms with Crippen molar-refractivity contribution in [3.8, 4) is 0 Å². The third kappa shape index (κ3) is 3.43. The summed E-state index contributed by atoms with van der Waals surface area (Å²) in [6, 6.07) is 10.2. The second kappa shape index (κ2) is 5.16. The van der Waals surface area contributed by atoms with E-state index in [4.69, 9.17) is 0 Å². The van der Waals surface area contributed by atoms with E-state index in [0.717, 1.165) is 12.1 Å². The van der Waals surface area contributed by atoms with Crippen LogP contribution in [0.5, 0.6) is 0 Å². The van der Waals surface area contributed by atoms with E-state index in [2.05, 4.69) is 43.4 Å². The Labute approximate surface area is 115 Å². The second-order valence-electron chi connectivity index (χ2n) is 6.28. The molecule has 0 aliphatic heterocycles. The monoisotopic (exact) mass is 258 g/mol. The predicted molar refractivity (Wildman–Crippen MR) is 78.0 cm³/mol. The standard InChI is InChI=1S/C16H22N2O/c1-11(16(2,3)4)17-18-15(19)14-10-13(14)12-8-6-5-7-9-12/h5-9,13-14H,10H2,1-4H3,(H,18,19)/b17-11-/t13-,14-/m1/s1. The van der Waals surface area contributed by atoms with Crippen LogP contribution in [0.3, 0.4) is 0 Å². The van der Waals surface area contributed by atoms with Gasteiger partial charge in [0.15, 0.2) is 0 Å². The molecule has 1 aromatic rings. The van der Waals surface area contributed by atoms with E-state index >= 15 is 0 Å². The minimum absolute atomic E-state index is 0.00430. The Kier molecular flexibility index (Phi) is 3.74. The van der Waals surface area contributed by atoms with Gasteiger partial charge in [-0.2, -0.15) is 5.10 Å². The number of rotatable bonds is 3. The zero-order valence-corrected chi connectivity index (χ0v) is 12.1. The van der Waals surface area contributed by atoms with E-state index in [-0.39, 0.29) is 17.2 Å². The molecule has 1 aliphatic carbocycles.